The lowest BCUT2D eigenvalue weighted by molar-refractivity contribution is -0.125. The van der Waals surface area contributed by atoms with E-state index in [0.717, 1.165) is 0 Å². The zero-order valence-corrected chi connectivity index (χ0v) is 16.7. The van der Waals surface area contributed by atoms with Gasteiger partial charge in [-0.2, -0.15) is 5.10 Å². The van der Waals surface area contributed by atoms with Crippen LogP contribution in [-0.4, -0.2) is 43.0 Å². The molecule has 0 fully saturated rings. The van der Waals surface area contributed by atoms with Crippen molar-refractivity contribution in [3.8, 4) is 5.75 Å². The fourth-order valence-electron chi connectivity index (χ4n) is 2.99. The van der Waals surface area contributed by atoms with E-state index in [2.05, 4.69) is 21.3 Å². The Hall–Kier alpha value is -3.88. The Bertz CT molecular complexity index is 961. The molecule has 0 bridgehead atoms. The van der Waals surface area contributed by atoms with Crippen molar-refractivity contribution in [1.82, 2.24) is 10.9 Å². The second-order valence-corrected chi connectivity index (χ2v) is 6.61. The summed E-state index contributed by atoms with van der Waals surface area (Å²) in [4.78, 5) is 36.5. The van der Waals surface area contributed by atoms with Crippen LogP contribution >= 0.6 is 0 Å². The number of rotatable bonds is 7. The van der Waals surface area contributed by atoms with Crippen molar-refractivity contribution in [2.24, 2.45) is 5.10 Å². The van der Waals surface area contributed by atoms with Gasteiger partial charge in [0.2, 0.25) is 0 Å². The van der Waals surface area contributed by atoms with Crippen molar-refractivity contribution < 1.29 is 19.1 Å². The molecule has 1 atom stereocenters. The number of carbonyl (C=O) groups is 3. The molecule has 0 aromatic heterocycles. The molecule has 156 valence electrons. The van der Waals surface area contributed by atoms with Crippen LogP contribution in [0.4, 0.5) is 11.4 Å². The minimum atomic E-state index is -0.565. The lowest BCUT2D eigenvalue weighted by Gasteiger charge is -2.20. The van der Waals surface area contributed by atoms with Gasteiger partial charge in [-0.25, -0.2) is 0 Å². The Morgan fingerprint density at radius 3 is 2.47 bits per heavy atom. The number of benzene rings is 2. The first-order valence-corrected chi connectivity index (χ1v) is 9.38. The third-order valence-corrected chi connectivity index (χ3v) is 4.52. The zero-order chi connectivity index (χ0) is 21.5. The summed E-state index contributed by atoms with van der Waals surface area (Å²) in [5, 5.41) is 8.76. The van der Waals surface area contributed by atoms with Gasteiger partial charge in [-0.1, -0.05) is 30.3 Å². The third kappa shape index (κ3) is 4.93. The number of methoxy groups -OCH3 is 1. The first kappa shape index (κ1) is 20.8. The highest BCUT2D eigenvalue weighted by molar-refractivity contribution is 6.40. The predicted molar refractivity (Wildman–Crippen MR) is 113 cm³/mol. The van der Waals surface area contributed by atoms with Gasteiger partial charge in [-0.15, -0.1) is 0 Å². The molecular weight excluding hydrogens is 386 g/mol. The maximum atomic E-state index is 12.4. The molecule has 0 spiro atoms. The number of ketones is 1. The van der Waals surface area contributed by atoms with Gasteiger partial charge in [0.1, 0.15) is 17.5 Å². The summed E-state index contributed by atoms with van der Waals surface area (Å²) in [5.41, 5.74) is 6.22. The number of hydrazine groups is 1. The van der Waals surface area contributed by atoms with E-state index in [-0.39, 0.29) is 24.5 Å². The molecule has 1 unspecified atom stereocenters. The van der Waals surface area contributed by atoms with Gasteiger partial charge in [-0.3, -0.25) is 30.2 Å². The van der Waals surface area contributed by atoms with Crippen molar-refractivity contribution in [3.63, 3.8) is 0 Å². The van der Waals surface area contributed by atoms with Crippen LogP contribution in [0.15, 0.2) is 59.7 Å². The van der Waals surface area contributed by atoms with E-state index in [4.69, 9.17) is 4.74 Å². The molecular formula is C21H23N5O4. The number of carbonyl (C=O) groups excluding carboxylic acids is 3. The number of hydrogen-bond donors (Lipinski definition) is 3. The molecule has 30 heavy (non-hydrogen) atoms. The normalized spacial score (nSPS) is 15.2. The predicted octanol–water partition coefficient (Wildman–Crippen LogP) is 1.48. The highest BCUT2D eigenvalue weighted by atomic mass is 16.5. The van der Waals surface area contributed by atoms with Crippen LogP contribution in [0, 0.1) is 0 Å². The lowest BCUT2D eigenvalue weighted by atomic mass is 10.1. The van der Waals surface area contributed by atoms with E-state index in [1.165, 1.54) is 19.0 Å². The molecule has 0 saturated heterocycles. The Morgan fingerprint density at radius 2 is 1.77 bits per heavy atom. The molecule has 2 aromatic rings. The molecule has 9 nitrogen and oxygen atoms in total. The van der Waals surface area contributed by atoms with Crippen LogP contribution in [0.5, 0.6) is 5.75 Å². The van der Waals surface area contributed by atoms with Gasteiger partial charge in [0.05, 0.1) is 25.0 Å². The number of nitrogens with zero attached hydrogens (tertiary/aromatic N) is 2. The molecule has 2 aromatic carbocycles. The fourth-order valence-corrected chi connectivity index (χ4v) is 2.99. The number of hydrazone groups is 1. The summed E-state index contributed by atoms with van der Waals surface area (Å²) in [5.74, 6) is -0.511. The molecule has 1 aliphatic heterocycles. The highest BCUT2D eigenvalue weighted by Crippen LogP contribution is 2.25. The molecule has 0 radical (unpaired) electrons. The van der Waals surface area contributed by atoms with E-state index in [1.54, 1.807) is 12.1 Å². The SMILES string of the molecule is COc1ccccc1NCC(=O)NNC(=O)C1=NN(c2ccccc2)C(C(C)=O)C1. The molecule has 0 saturated carbocycles. The Kier molecular flexibility index (Phi) is 6.63. The molecule has 0 aliphatic carbocycles. The number of Topliss-reactive ketones (excluding diaryl/α,β-unsaturated/α-hetero) is 1. The van der Waals surface area contributed by atoms with Crippen LogP contribution < -0.4 is 25.9 Å². The fraction of sp³-hybridized carbons (Fsp3) is 0.238. The molecule has 2 amide bonds. The van der Waals surface area contributed by atoms with E-state index >= 15 is 0 Å². The Balaban J connectivity index is 1.56. The van der Waals surface area contributed by atoms with Crippen LogP contribution in [0.25, 0.3) is 0 Å². The number of amides is 2. The number of nitrogens with one attached hydrogen (secondary N) is 3. The first-order valence-electron chi connectivity index (χ1n) is 9.38. The van der Waals surface area contributed by atoms with Crippen molar-refractivity contribution in [2.45, 2.75) is 19.4 Å². The van der Waals surface area contributed by atoms with Gasteiger partial charge >= 0.3 is 0 Å². The average Bonchev–Trinajstić information content (AvgIpc) is 3.23. The third-order valence-electron chi connectivity index (χ3n) is 4.52. The van der Waals surface area contributed by atoms with Crippen LogP contribution in [0.3, 0.4) is 0 Å². The maximum Gasteiger partial charge on any atom is 0.285 e. The highest BCUT2D eigenvalue weighted by Gasteiger charge is 2.34. The van der Waals surface area contributed by atoms with E-state index in [1.807, 2.05) is 42.5 Å². The topological polar surface area (TPSA) is 112 Å². The lowest BCUT2D eigenvalue weighted by Crippen LogP contribution is -2.46. The number of hydrogen-bond acceptors (Lipinski definition) is 7. The monoisotopic (exact) mass is 409 g/mol. The summed E-state index contributed by atoms with van der Waals surface area (Å²) < 4.78 is 5.21. The van der Waals surface area contributed by atoms with Crippen molar-refractivity contribution in [3.05, 3.63) is 54.6 Å². The second-order valence-electron chi connectivity index (χ2n) is 6.61. The van der Waals surface area contributed by atoms with Crippen molar-refractivity contribution in [1.29, 1.82) is 0 Å². The average molecular weight is 409 g/mol. The zero-order valence-electron chi connectivity index (χ0n) is 16.7. The summed E-state index contributed by atoms with van der Waals surface area (Å²) >= 11 is 0. The second kappa shape index (κ2) is 9.55. The van der Waals surface area contributed by atoms with E-state index in [0.29, 0.717) is 17.1 Å². The molecule has 1 aliphatic rings. The van der Waals surface area contributed by atoms with E-state index < -0.39 is 17.9 Å². The van der Waals surface area contributed by atoms with Crippen LogP contribution in [0.2, 0.25) is 0 Å². The summed E-state index contributed by atoms with van der Waals surface area (Å²) in [6.07, 6.45) is 0.158. The Labute approximate surface area is 174 Å². The first-order chi connectivity index (χ1) is 14.5. The number of anilines is 2. The van der Waals surface area contributed by atoms with Crippen LogP contribution in [-0.2, 0) is 14.4 Å². The van der Waals surface area contributed by atoms with E-state index in [9.17, 15) is 14.4 Å². The molecule has 9 heteroatoms. The minimum absolute atomic E-state index is 0.0701. The minimum Gasteiger partial charge on any atom is -0.495 e. The molecule has 3 N–H and O–H groups in total. The summed E-state index contributed by atoms with van der Waals surface area (Å²) in [7, 11) is 1.54. The maximum absolute atomic E-state index is 12.4. The quantitative estimate of drug-likeness (QED) is 0.597. The van der Waals surface area contributed by atoms with Gasteiger partial charge < -0.3 is 10.1 Å². The largest absolute Gasteiger partial charge is 0.495 e. The van der Waals surface area contributed by atoms with Crippen molar-refractivity contribution in [2.75, 3.05) is 24.0 Å². The van der Waals surface area contributed by atoms with Gasteiger partial charge in [0.25, 0.3) is 11.8 Å². The smallest absolute Gasteiger partial charge is 0.285 e. The molecule has 3 rings (SSSR count). The number of para-hydroxylation sites is 3. The van der Waals surface area contributed by atoms with Gasteiger partial charge in [0.15, 0.2) is 5.78 Å². The number of ether oxygens (including phenoxy) is 1. The standard InChI is InChI=1S/C21H23N5O4/c1-14(27)18-12-17(25-26(18)15-8-4-3-5-9-15)21(29)24-23-20(28)13-22-16-10-6-7-11-19(16)30-2/h3-11,18,22H,12-13H2,1-2H3,(H,23,28)(H,24,29). The van der Waals surface area contributed by atoms with Gasteiger partial charge in [-0.05, 0) is 31.2 Å². The summed E-state index contributed by atoms with van der Waals surface area (Å²) in [6.45, 7) is 1.39. The Morgan fingerprint density at radius 1 is 1.07 bits per heavy atom. The molecule has 1 heterocycles. The van der Waals surface area contributed by atoms with Crippen LogP contribution in [0.1, 0.15) is 13.3 Å². The van der Waals surface area contributed by atoms with Crippen molar-refractivity contribution >= 4 is 34.7 Å². The van der Waals surface area contributed by atoms with Gasteiger partial charge in [0, 0.05) is 6.42 Å². The summed E-state index contributed by atoms with van der Waals surface area (Å²) in [6, 6.07) is 15.8.